The van der Waals surface area contributed by atoms with Crippen LogP contribution in [0.25, 0.3) is 11.4 Å². The molecule has 7 nitrogen and oxygen atoms in total. The van der Waals surface area contributed by atoms with Gasteiger partial charge in [0.25, 0.3) is 5.91 Å². The third-order valence-electron chi connectivity index (χ3n) is 5.28. The van der Waals surface area contributed by atoms with E-state index < -0.39 is 5.91 Å². The van der Waals surface area contributed by atoms with E-state index in [9.17, 15) is 9.59 Å². The van der Waals surface area contributed by atoms with Gasteiger partial charge in [0.1, 0.15) is 0 Å². The second kappa shape index (κ2) is 9.23. The molecule has 162 valence electrons. The molecule has 0 aliphatic heterocycles. The minimum Gasteiger partial charge on any atom is -0.366 e. The smallest absolute Gasteiger partial charge is 0.250 e. The largest absolute Gasteiger partial charge is 0.366 e. The van der Waals surface area contributed by atoms with Crippen molar-refractivity contribution in [3.63, 3.8) is 0 Å². The molecule has 0 unspecified atom stereocenters. The molecule has 1 aromatic carbocycles. The maximum Gasteiger partial charge on any atom is 0.250 e. The van der Waals surface area contributed by atoms with Crippen molar-refractivity contribution in [2.45, 2.75) is 50.7 Å². The minimum atomic E-state index is -0.577. The summed E-state index contributed by atoms with van der Waals surface area (Å²) >= 11 is 3.15. The first-order chi connectivity index (χ1) is 15.0. The number of para-hydroxylation sites is 1. The van der Waals surface area contributed by atoms with E-state index in [1.165, 1.54) is 40.6 Å². The van der Waals surface area contributed by atoms with Gasteiger partial charge >= 0.3 is 0 Å². The summed E-state index contributed by atoms with van der Waals surface area (Å²) in [6, 6.07) is 6.87. The number of nitrogens with zero attached hydrogens (tertiary/aromatic N) is 3. The molecule has 0 atom stereocenters. The number of carbonyl (C=O) groups is 2. The number of aryl methyl sites for hydroxylation is 1. The number of hydrogen-bond donors (Lipinski definition) is 2. The summed E-state index contributed by atoms with van der Waals surface area (Å²) in [6.45, 7) is 4.19. The standard InChI is InChI=1S/C22H25N5O2S2/c1-13(2)27-21(16-11-30-18-10-6-4-7-14(16)18)25-26-22(27)31-12-19(28)24-17-9-5-3-8-15(17)20(23)29/h3,5,8-9,11,13H,4,6-7,10,12H2,1-2H3,(H2,23,29)(H,24,28). The second-order valence-corrected chi connectivity index (χ2v) is 9.68. The molecule has 2 heterocycles. The van der Waals surface area contributed by atoms with E-state index in [1.54, 1.807) is 24.3 Å². The van der Waals surface area contributed by atoms with E-state index in [-0.39, 0.29) is 23.3 Å². The van der Waals surface area contributed by atoms with Crippen LogP contribution in [0.3, 0.4) is 0 Å². The van der Waals surface area contributed by atoms with Crippen molar-refractivity contribution in [2.24, 2.45) is 5.73 Å². The van der Waals surface area contributed by atoms with Crippen molar-refractivity contribution in [1.29, 1.82) is 0 Å². The number of fused-ring (bicyclic) bond motifs is 1. The van der Waals surface area contributed by atoms with Crippen LogP contribution in [0, 0.1) is 0 Å². The zero-order valence-electron chi connectivity index (χ0n) is 17.6. The molecule has 0 fully saturated rings. The number of anilines is 1. The number of benzene rings is 1. The Labute approximate surface area is 189 Å². The van der Waals surface area contributed by atoms with Gasteiger partial charge in [-0.2, -0.15) is 0 Å². The summed E-state index contributed by atoms with van der Waals surface area (Å²) in [7, 11) is 0. The molecule has 3 aromatic rings. The molecule has 9 heteroatoms. The summed E-state index contributed by atoms with van der Waals surface area (Å²) in [5.74, 6) is 0.217. The van der Waals surface area contributed by atoms with E-state index in [0.717, 1.165) is 18.7 Å². The highest BCUT2D eigenvalue weighted by molar-refractivity contribution is 7.99. The average Bonchev–Trinajstić information content (AvgIpc) is 3.36. The molecular formula is C22H25N5O2S2. The Hall–Kier alpha value is -2.65. The van der Waals surface area contributed by atoms with Gasteiger partial charge in [-0.3, -0.25) is 14.2 Å². The van der Waals surface area contributed by atoms with Gasteiger partial charge in [0, 0.05) is 21.9 Å². The van der Waals surface area contributed by atoms with Gasteiger partial charge in [-0.25, -0.2) is 0 Å². The summed E-state index contributed by atoms with van der Waals surface area (Å²) in [6.07, 6.45) is 4.69. The van der Waals surface area contributed by atoms with Crippen LogP contribution in [0.4, 0.5) is 5.69 Å². The zero-order chi connectivity index (χ0) is 22.0. The number of nitrogens with one attached hydrogen (secondary N) is 1. The van der Waals surface area contributed by atoms with Crippen LogP contribution in [-0.4, -0.2) is 32.3 Å². The van der Waals surface area contributed by atoms with E-state index in [2.05, 4.69) is 39.3 Å². The van der Waals surface area contributed by atoms with E-state index in [4.69, 9.17) is 5.73 Å². The summed E-state index contributed by atoms with van der Waals surface area (Å²) < 4.78 is 2.10. The Morgan fingerprint density at radius 1 is 1.23 bits per heavy atom. The van der Waals surface area contributed by atoms with Gasteiger partial charge in [0.05, 0.1) is 17.0 Å². The fourth-order valence-electron chi connectivity index (χ4n) is 3.83. The van der Waals surface area contributed by atoms with Gasteiger partial charge in [0.2, 0.25) is 5.91 Å². The molecule has 0 radical (unpaired) electrons. The predicted molar refractivity (Wildman–Crippen MR) is 125 cm³/mol. The van der Waals surface area contributed by atoms with Crippen LogP contribution in [0.15, 0.2) is 34.8 Å². The normalized spacial score (nSPS) is 13.3. The molecule has 0 bridgehead atoms. The number of hydrogen-bond acceptors (Lipinski definition) is 6. The van der Waals surface area contributed by atoms with Crippen molar-refractivity contribution in [3.05, 3.63) is 45.6 Å². The molecular weight excluding hydrogens is 430 g/mol. The quantitative estimate of drug-likeness (QED) is 0.517. The number of thioether (sulfide) groups is 1. The predicted octanol–water partition coefficient (Wildman–Crippen LogP) is 4.30. The molecule has 3 N–H and O–H groups in total. The molecule has 31 heavy (non-hydrogen) atoms. The lowest BCUT2D eigenvalue weighted by Crippen LogP contribution is -2.19. The van der Waals surface area contributed by atoms with Crippen molar-refractivity contribution >= 4 is 40.6 Å². The van der Waals surface area contributed by atoms with Crippen molar-refractivity contribution < 1.29 is 9.59 Å². The van der Waals surface area contributed by atoms with Crippen LogP contribution in [0.1, 0.15) is 53.5 Å². The lowest BCUT2D eigenvalue weighted by molar-refractivity contribution is -0.113. The number of aromatic nitrogens is 3. The van der Waals surface area contributed by atoms with Crippen LogP contribution in [-0.2, 0) is 17.6 Å². The van der Waals surface area contributed by atoms with Crippen molar-refractivity contribution in [1.82, 2.24) is 14.8 Å². The third-order valence-corrected chi connectivity index (χ3v) is 7.31. The summed E-state index contributed by atoms with van der Waals surface area (Å²) in [4.78, 5) is 25.6. The average molecular weight is 456 g/mol. The highest BCUT2D eigenvalue weighted by Gasteiger charge is 2.24. The minimum absolute atomic E-state index is 0.152. The fraction of sp³-hybridized carbons (Fsp3) is 0.364. The Kier molecular flexibility index (Phi) is 6.43. The van der Waals surface area contributed by atoms with E-state index in [1.807, 2.05) is 11.3 Å². The Morgan fingerprint density at radius 2 is 2.00 bits per heavy atom. The zero-order valence-corrected chi connectivity index (χ0v) is 19.2. The fourth-order valence-corrected chi connectivity index (χ4v) is 5.82. The second-order valence-electron chi connectivity index (χ2n) is 7.77. The van der Waals surface area contributed by atoms with Crippen LogP contribution in [0.5, 0.6) is 0 Å². The van der Waals surface area contributed by atoms with Gasteiger partial charge in [-0.1, -0.05) is 23.9 Å². The number of thiophene rings is 1. The first kappa shape index (κ1) is 21.6. The maximum atomic E-state index is 12.5. The SMILES string of the molecule is CC(C)n1c(SCC(=O)Nc2ccccc2C(N)=O)nnc1-c1csc2c1CCCC2. The van der Waals surface area contributed by atoms with Crippen LogP contribution >= 0.6 is 23.1 Å². The molecule has 2 amide bonds. The number of nitrogens with two attached hydrogens (primary N) is 1. The van der Waals surface area contributed by atoms with Gasteiger partial charge < -0.3 is 11.1 Å². The summed E-state index contributed by atoms with van der Waals surface area (Å²) in [5.41, 5.74) is 8.67. The molecule has 0 spiro atoms. The van der Waals surface area contributed by atoms with Crippen LogP contribution < -0.4 is 11.1 Å². The third kappa shape index (κ3) is 4.52. The topological polar surface area (TPSA) is 103 Å². The Morgan fingerprint density at radius 3 is 2.77 bits per heavy atom. The Bertz CT molecular complexity index is 1120. The molecule has 0 saturated heterocycles. The van der Waals surface area contributed by atoms with E-state index >= 15 is 0 Å². The van der Waals surface area contributed by atoms with Gasteiger partial charge in [-0.15, -0.1) is 21.5 Å². The monoisotopic (exact) mass is 455 g/mol. The number of primary amides is 1. The van der Waals surface area contributed by atoms with Crippen molar-refractivity contribution in [3.8, 4) is 11.4 Å². The lowest BCUT2D eigenvalue weighted by Gasteiger charge is -2.16. The molecule has 2 aromatic heterocycles. The highest BCUT2D eigenvalue weighted by Crippen LogP contribution is 2.37. The molecule has 1 aliphatic rings. The van der Waals surface area contributed by atoms with Crippen LogP contribution in [0.2, 0.25) is 0 Å². The Balaban J connectivity index is 1.52. The van der Waals surface area contributed by atoms with Crippen molar-refractivity contribution in [2.75, 3.05) is 11.1 Å². The number of carbonyl (C=O) groups excluding carboxylic acids is 2. The van der Waals surface area contributed by atoms with Gasteiger partial charge in [-0.05, 0) is 57.2 Å². The number of amides is 2. The van der Waals surface area contributed by atoms with E-state index in [0.29, 0.717) is 10.8 Å². The first-order valence-electron chi connectivity index (χ1n) is 10.3. The summed E-state index contributed by atoms with van der Waals surface area (Å²) in [5, 5.41) is 14.6. The highest BCUT2D eigenvalue weighted by atomic mass is 32.2. The molecule has 0 saturated carbocycles. The lowest BCUT2D eigenvalue weighted by atomic mass is 9.95. The molecule has 4 rings (SSSR count). The maximum absolute atomic E-state index is 12.5. The molecule has 1 aliphatic carbocycles. The first-order valence-corrected chi connectivity index (χ1v) is 12.2. The van der Waals surface area contributed by atoms with Gasteiger partial charge in [0.15, 0.2) is 11.0 Å². The number of rotatable bonds is 7.